The second-order valence-corrected chi connectivity index (χ2v) is 6.97. The zero-order chi connectivity index (χ0) is 14.9. The van der Waals surface area contributed by atoms with Gasteiger partial charge in [0.05, 0.1) is 4.90 Å². The first-order valence-corrected chi connectivity index (χ1v) is 8.50. The molecule has 110 valence electrons. The average Bonchev–Trinajstić information content (AvgIpc) is 2.95. The van der Waals surface area contributed by atoms with Crippen LogP contribution in [-0.4, -0.2) is 8.42 Å². The molecule has 0 saturated heterocycles. The number of aryl methyl sites for hydroxylation is 2. The molecule has 1 aliphatic rings. The summed E-state index contributed by atoms with van der Waals surface area (Å²) in [6.07, 6.45) is 3.11. The van der Waals surface area contributed by atoms with Gasteiger partial charge in [0.25, 0.3) is 10.0 Å². The lowest BCUT2D eigenvalue weighted by Crippen LogP contribution is -2.13. The van der Waals surface area contributed by atoms with Gasteiger partial charge in [-0.1, -0.05) is 18.2 Å². The molecule has 21 heavy (non-hydrogen) atoms. The average molecular weight is 302 g/mol. The zero-order valence-electron chi connectivity index (χ0n) is 11.7. The van der Waals surface area contributed by atoms with Crippen LogP contribution in [0.1, 0.15) is 23.1 Å². The van der Waals surface area contributed by atoms with Crippen LogP contribution < -0.4 is 10.5 Å². The fraction of sp³-hybridized carbons (Fsp3) is 0.250. The minimum absolute atomic E-state index is 0.325. The third-order valence-electron chi connectivity index (χ3n) is 3.82. The number of hydrogen-bond donors (Lipinski definition) is 2. The fourth-order valence-corrected chi connectivity index (χ4v) is 3.75. The number of nitrogens with one attached hydrogen (secondary N) is 1. The van der Waals surface area contributed by atoms with Crippen LogP contribution in [0.5, 0.6) is 0 Å². The first-order valence-electron chi connectivity index (χ1n) is 7.02. The molecule has 3 N–H and O–H groups in total. The Morgan fingerprint density at radius 1 is 1.00 bits per heavy atom. The van der Waals surface area contributed by atoms with Gasteiger partial charge < -0.3 is 5.73 Å². The second kappa shape index (κ2) is 5.50. The number of hydrogen-bond acceptors (Lipinski definition) is 3. The summed E-state index contributed by atoms with van der Waals surface area (Å²) in [5.74, 6) is 0. The van der Waals surface area contributed by atoms with Gasteiger partial charge in [0.1, 0.15) is 0 Å². The van der Waals surface area contributed by atoms with Crippen molar-refractivity contribution in [2.75, 3.05) is 4.72 Å². The van der Waals surface area contributed by atoms with Crippen LogP contribution >= 0.6 is 0 Å². The summed E-state index contributed by atoms with van der Waals surface area (Å²) in [4.78, 5) is 0.325. The van der Waals surface area contributed by atoms with Gasteiger partial charge in [0.2, 0.25) is 0 Å². The Kier molecular flexibility index (Phi) is 3.69. The Morgan fingerprint density at radius 2 is 1.71 bits per heavy atom. The van der Waals surface area contributed by atoms with E-state index in [9.17, 15) is 8.42 Å². The normalized spacial score (nSPS) is 14.0. The molecule has 0 aliphatic heterocycles. The van der Waals surface area contributed by atoms with Crippen molar-refractivity contribution >= 4 is 15.7 Å². The highest BCUT2D eigenvalue weighted by atomic mass is 32.2. The molecule has 0 spiro atoms. The van der Waals surface area contributed by atoms with Crippen molar-refractivity contribution in [1.29, 1.82) is 0 Å². The third-order valence-corrected chi connectivity index (χ3v) is 5.20. The molecule has 3 rings (SSSR count). The predicted octanol–water partition coefficient (Wildman–Crippen LogP) is 2.43. The van der Waals surface area contributed by atoms with Crippen molar-refractivity contribution < 1.29 is 8.42 Å². The summed E-state index contributed by atoms with van der Waals surface area (Å²) in [5.41, 5.74) is 9.46. The van der Waals surface area contributed by atoms with E-state index in [1.54, 1.807) is 24.3 Å². The number of rotatable bonds is 4. The number of benzene rings is 2. The molecule has 4 nitrogen and oxygen atoms in total. The van der Waals surface area contributed by atoms with E-state index in [2.05, 4.69) is 4.72 Å². The van der Waals surface area contributed by atoms with E-state index < -0.39 is 10.0 Å². The first-order chi connectivity index (χ1) is 10.1. The molecule has 0 saturated carbocycles. The van der Waals surface area contributed by atoms with Crippen molar-refractivity contribution in [3.8, 4) is 0 Å². The van der Waals surface area contributed by atoms with Crippen molar-refractivity contribution in [3.63, 3.8) is 0 Å². The Morgan fingerprint density at radius 3 is 2.43 bits per heavy atom. The van der Waals surface area contributed by atoms with E-state index in [4.69, 9.17) is 5.73 Å². The number of fused-ring (bicyclic) bond motifs is 1. The summed E-state index contributed by atoms with van der Waals surface area (Å²) >= 11 is 0. The van der Waals surface area contributed by atoms with E-state index >= 15 is 0 Å². The highest BCUT2D eigenvalue weighted by Gasteiger charge is 2.18. The van der Waals surface area contributed by atoms with Crippen LogP contribution in [0.15, 0.2) is 47.4 Å². The molecule has 0 aromatic heterocycles. The Labute approximate surface area is 125 Å². The summed E-state index contributed by atoms with van der Waals surface area (Å²) in [7, 11) is -3.54. The summed E-state index contributed by atoms with van der Waals surface area (Å²) in [6.45, 7) is 0.442. The van der Waals surface area contributed by atoms with Crippen molar-refractivity contribution in [3.05, 3.63) is 59.2 Å². The maximum absolute atomic E-state index is 12.4. The topological polar surface area (TPSA) is 72.2 Å². The molecule has 2 aromatic rings. The molecule has 0 heterocycles. The quantitative estimate of drug-likeness (QED) is 0.911. The highest BCUT2D eigenvalue weighted by molar-refractivity contribution is 7.92. The summed E-state index contributed by atoms with van der Waals surface area (Å²) in [5, 5.41) is 0. The van der Waals surface area contributed by atoms with Gasteiger partial charge in [-0.3, -0.25) is 4.72 Å². The zero-order valence-corrected chi connectivity index (χ0v) is 12.5. The van der Waals surface area contributed by atoms with Gasteiger partial charge >= 0.3 is 0 Å². The SMILES string of the molecule is NCc1ccc(NS(=O)(=O)c2ccc3c(c2)CCC3)cc1. The molecular weight excluding hydrogens is 284 g/mol. The van der Waals surface area contributed by atoms with Crippen LogP contribution in [0.3, 0.4) is 0 Å². The number of sulfonamides is 1. The summed E-state index contributed by atoms with van der Waals surface area (Å²) < 4.78 is 27.4. The van der Waals surface area contributed by atoms with E-state index in [0.29, 0.717) is 17.1 Å². The standard InChI is InChI=1S/C16H18N2O2S/c17-11-12-4-7-15(8-5-12)18-21(19,20)16-9-6-13-2-1-3-14(13)10-16/h4-10,18H,1-3,11,17H2. The van der Waals surface area contributed by atoms with Gasteiger partial charge in [-0.15, -0.1) is 0 Å². The van der Waals surface area contributed by atoms with Gasteiger partial charge in [-0.2, -0.15) is 0 Å². The number of nitrogens with two attached hydrogens (primary N) is 1. The minimum atomic E-state index is -3.54. The third kappa shape index (κ3) is 2.94. The Hall–Kier alpha value is -1.85. The van der Waals surface area contributed by atoms with E-state index in [1.807, 2.05) is 18.2 Å². The molecule has 5 heteroatoms. The van der Waals surface area contributed by atoms with Gasteiger partial charge in [-0.25, -0.2) is 8.42 Å². The van der Waals surface area contributed by atoms with E-state index in [-0.39, 0.29) is 0 Å². The maximum Gasteiger partial charge on any atom is 0.261 e. The molecule has 0 amide bonds. The van der Waals surface area contributed by atoms with Crippen molar-refractivity contribution in [1.82, 2.24) is 0 Å². The van der Waals surface area contributed by atoms with Crippen LogP contribution in [0.25, 0.3) is 0 Å². The molecule has 2 aromatic carbocycles. The molecule has 1 aliphatic carbocycles. The van der Waals surface area contributed by atoms with Crippen LogP contribution in [0, 0.1) is 0 Å². The van der Waals surface area contributed by atoms with Gasteiger partial charge in [0, 0.05) is 12.2 Å². The first kappa shape index (κ1) is 14.1. The van der Waals surface area contributed by atoms with Crippen LogP contribution in [0.2, 0.25) is 0 Å². The minimum Gasteiger partial charge on any atom is -0.326 e. The lowest BCUT2D eigenvalue weighted by Gasteiger charge is -2.10. The van der Waals surface area contributed by atoms with Gasteiger partial charge in [0.15, 0.2) is 0 Å². The van der Waals surface area contributed by atoms with Crippen molar-refractivity contribution in [2.24, 2.45) is 5.73 Å². The van der Waals surface area contributed by atoms with E-state index in [0.717, 1.165) is 30.4 Å². The van der Waals surface area contributed by atoms with E-state index in [1.165, 1.54) is 5.56 Å². The summed E-state index contributed by atoms with van der Waals surface area (Å²) in [6, 6.07) is 12.5. The Balaban J connectivity index is 1.86. The Bertz CT molecular complexity index is 752. The van der Waals surface area contributed by atoms with Gasteiger partial charge in [-0.05, 0) is 60.2 Å². The van der Waals surface area contributed by atoms with Crippen molar-refractivity contribution in [2.45, 2.75) is 30.7 Å². The van der Waals surface area contributed by atoms with Crippen LogP contribution in [-0.2, 0) is 29.4 Å². The smallest absolute Gasteiger partial charge is 0.261 e. The molecule has 0 bridgehead atoms. The molecular formula is C16H18N2O2S. The molecule has 0 unspecified atom stereocenters. The number of anilines is 1. The monoisotopic (exact) mass is 302 g/mol. The second-order valence-electron chi connectivity index (χ2n) is 5.29. The van der Waals surface area contributed by atoms with Crippen LogP contribution in [0.4, 0.5) is 5.69 Å². The molecule has 0 radical (unpaired) electrons. The maximum atomic E-state index is 12.4. The molecule has 0 atom stereocenters. The fourth-order valence-electron chi connectivity index (χ4n) is 2.64. The lowest BCUT2D eigenvalue weighted by atomic mass is 10.1. The predicted molar refractivity (Wildman–Crippen MR) is 83.6 cm³/mol. The highest BCUT2D eigenvalue weighted by Crippen LogP contribution is 2.25. The largest absolute Gasteiger partial charge is 0.326 e. The molecule has 0 fully saturated rings. The lowest BCUT2D eigenvalue weighted by molar-refractivity contribution is 0.601.